The Balaban J connectivity index is 2.15. The SMILES string of the molecule is COc1cccc(C(C)N2CCCCC2CC(=O)O)c1. The van der Waals surface area contributed by atoms with E-state index in [1.165, 1.54) is 5.56 Å². The third-order valence-corrected chi connectivity index (χ3v) is 4.16. The van der Waals surface area contributed by atoms with Crippen molar-refractivity contribution in [3.63, 3.8) is 0 Å². The molecule has 1 fully saturated rings. The first-order valence-corrected chi connectivity index (χ1v) is 7.23. The highest BCUT2D eigenvalue weighted by Crippen LogP contribution is 2.31. The van der Waals surface area contributed by atoms with E-state index in [9.17, 15) is 4.79 Å². The van der Waals surface area contributed by atoms with Gasteiger partial charge in [0.05, 0.1) is 13.5 Å². The van der Waals surface area contributed by atoms with Gasteiger partial charge in [-0.2, -0.15) is 0 Å². The molecule has 110 valence electrons. The number of methoxy groups -OCH3 is 1. The first-order chi connectivity index (χ1) is 9.61. The monoisotopic (exact) mass is 277 g/mol. The van der Waals surface area contributed by atoms with E-state index in [0.29, 0.717) is 0 Å². The molecule has 0 amide bonds. The van der Waals surface area contributed by atoms with E-state index in [1.807, 2.05) is 18.2 Å². The molecule has 0 bridgehead atoms. The summed E-state index contributed by atoms with van der Waals surface area (Å²) in [5, 5.41) is 9.07. The molecule has 0 aromatic heterocycles. The molecule has 2 unspecified atom stereocenters. The van der Waals surface area contributed by atoms with Crippen LogP contribution in [0.4, 0.5) is 0 Å². The van der Waals surface area contributed by atoms with Crippen molar-refractivity contribution < 1.29 is 14.6 Å². The van der Waals surface area contributed by atoms with Crippen LogP contribution >= 0.6 is 0 Å². The van der Waals surface area contributed by atoms with Gasteiger partial charge in [0.25, 0.3) is 0 Å². The average Bonchev–Trinajstić information content (AvgIpc) is 2.46. The Labute approximate surface area is 120 Å². The number of aliphatic carboxylic acids is 1. The number of carbonyl (C=O) groups is 1. The van der Waals surface area contributed by atoms with Crippen LogP contribution < -0.4 is 4.74 Å². The molecule has 4 nitrogen and oxygen atoms in total. The van der Waals surface area contributed by atoms with E-state index in [0.717, 1.165) is 31.6 Å². The smallest absolute Gasteiger partial charge is 0.304 e. The standard InChI is InChI=1S/C16H23NO3/c1-12(13-6-5-8-15(10-13)20-2)17-9-4-3-7-14(17)11-16(18)19/h5-6,8,10,12,14H,3-4,7,9,11H2,1-2H3,(H,18,19). The highest BCUT2D eigenvalue weighted by Gasteiger charge is 2.28. The Hall–Kier alpha value is -1.55. The molecular formula is C16H23NO3. The lowest BCUT2D eigenvalue weighted by Crippen LogP contribution is -2.42. The van der Waals surface area contributed by atoms with Crippen LogP contribution in [0.15, 0.2) is 24.3 Å². The second-order valence-corrected chi connectivity index (χ2v) is 5.44. The van der Waals surface area contributed by atoms with Gasteiger partial charge in [-0.15, -0.1) is 0 Å². The first kappa shape index (κ1) is 14.9. The third kappa shape index (κ3) is 3.51. The van der Waals surface area contributed by atoms with Crippen LogP contribution in [-0.4, -0.2) is 35.7 Å². The van der Waals surface area contributed by atoms with Gasteiger partial charge in [0.15, 0.2) is 0 Å². The number of carboxylic acid groups (broad SMARTS) is 1. The van der Waals surface area contributed by atoms with E-state index in [-0.39, 0.29) is 18.5 Å². The van der Waals surface area contributed by atoms with Crippen LogP contribution in [0, 0.1) is 0 Å². The molecule has 4 heteroatoms. The molecule has 2 rings (SSSR count). The highest BCUT2D eigenvalue weighted by molar-refractivity contribution is 5.67. The topological polar surface area (TPSA) is 49.8 Å². The molecule has 1 saturated heterocycles. The maximum atomic E-state index is 11.0. The Kier molecular flexibility index (Phi) is 5.01. The number of benzene rings is 1. The normalized spacial score (nSPS) is 21.4. The molecule has 0 aliphatic carbocycles. The molecule has 0 radical (unpaired) electrons. The summed E-state index contributed by atoms with van der Waals surface area (Å²) in [7, 11) is 1.66. The van der Waals surface area contributed by atoms with Gasteiger partial charge in [-0.1, -0.05) is 18.6 Å². The zero-order valence-electron chi connectivity index (χ0n) is 12.2. The summed E-state index contributed by atoms with van der Waals surface area (Å²) in [6.07, 6.45) is 3.47. The van der Waals surface area contributed by atoms with Crippen LogP contribution in [0.2, 0.25) is 0 Å². The van der Waals surface area contributed by atoms with Gasteiger partial charge in [0.1, 0.15) is 5.75 Å². The average molecular weight is 277 g/mol. The van der Waals surface area contributed by atoms with Crippen molar-refractivity contribution >= 4 is 5.97 Å². The summed E-state index contributed by atoms with van der Waals surface area (Å²) < 4.78 is 5.27. The van der Waals surface area contributed by atoms with Crippen LogP contribution in [0.5, 0.6) is 5.75 Å². The van der Waals surface area contributed by atoms with Gasteiger partial charge in [0.2, 0.25) is 0 Å². The highest BCUT2D eigenvalue weighted by atomic mass is 16.5. The van der Waals surface area contributed by atoms with Crippen molar-refractivity contribution in [1.29, 1.82) is 0 Å². The van der Waals surface area contributed by atoms with Gasteiger partial charge in [-0.25, -0.2) is 0 Å². The maximum absolute atomic E-state index is 11.0. The zero-order chi connectivity index (χ0) is 14.5. The minimum atomic E-state index is -0.709. The summed E-state index contributed by atoms with van der Waals surface area (Å²) in [6.45, 7) is 3.12. The Bertz CT molecular complexity index is 461. The van der Waals surface area contributed by atoms with Crippen LogP contribution in [0.1, 0.15) is 44.2 Å². The quantitative estimate of drug-likeness (QED) is 0.898. The number of carboxylic acids is 1. The number of nitrogens with zero attached hydrogens (tertiary/aromatic N) is 1. The fourth-order valence-electron chi connectivity index (χ4n) is 3.05. The second kappa shape index (κ2) is 6.75. The number of piperidine rings is 1. The van der Waals surface area contributed by atoms with Crippen LogP contribution in [-0.2, 0) is 4.79 Å². The van der Waals surface area contributed by atoms with Crippen molar-refractivity contribution in [3.8, 4) is 5.75 Å². The van der Waals surface area contributed by atoms with E-state index in [1.54, 1.807) is 7.11 Å². The molecule has 1 N–H and O–H groups in total. The van der Waals surface area contributed by atoms with Gasteiger partial charge in [-0.05, 0) is 44.0 Å². The Morgan fingerprint density at radius 1 is 1.50 bits per heavy atom. The van der Waals surface area contributed by atoms with Crippen molar-refractivity contribution in [2.45, 2.75) is 44.7 Å². The molecular weight excluding hydrogens is 254 g/mol. The number of rotatable bonds is 5. The minimum Gasteiger partial charge on any atom is -0.497 e. The third-order valence-electron chi connectivity index (χ3n) is 4.16. The Morgan fingerprint density at radius 2 is 2.30 bits per heavy atom. The molecule has 1 aromatic carbocycles. The number of likely N-dealkylation sites (tertiary alicyclic amines) is 1. The van der Waals surface area contributed by atoms with Gasteiger partial charge in [-0.3, -0.25) is 9.69 Å². The molecule has 20 heavy (non-hydrogen) atoms. The predicted octanol–water partition coefficient (Wildman–Crippen LogP) is 3.09. The first-order valence-electron chi connectivity index (χ1n) is 7.23. The van der Waals surface area contributed by atoms with E-state index >= 15 is 0 Å². The lowest BCUT2D eigenvalue weighted by Gasteiger charge is -2.39. The fourth-order valence-corrected chi connectivity index (χ4v) is 3.05. The molecule has 1 aliphatic heterocycles. The van der Waals surface area contributed by atoms with E-state index < -0.39 is 5.97 Å². The van der Waals surface area contributed by atoms with Crippen LogP contribution in [0.25, 0.3) is 0 Å². The minimum absolute atomic E-state index is 0.141. The van der Waals surface area contributed by atoms with Crippen molar-refractivity contribution in [2.24, 2.45) is 0 Å². The lowest BCUT2D eigenvalue weighted by atomic mass is 9.95. The predicted molar refractivity (Wildman–Crippen MR) is 78.0 cm³/mol. The van der Waals surface area contributed by atoms with Gasteiger partial charge in [0, 0.05) is 12.1 Å². The van der Waals surface area contributed by atoms with E-state index in [4.69, 9.17) is 9.84 Å². The summed E-state index contributed by atoms with van der Waals surface area (Å²) in [4.78, 5) is 13.4. The van der Waals surface area contributed by atoms with Gasteiger partial charge < -0.3 is 9.84 Å². The maximum Gasteiger partial charge on any atom is 0.304 e. The lowest BCUT2D eigenvalue weighted by molar-refractivity contribution is -0.139. The largest absolute Gasteiger partial charge is 0.497 e. The molecule has 2 atom stereocenters. The summed E-state index contributed by atoms with van der Waals surface area (Å²) >= 11 is 0. The molecule has 1 aromatic rings. The Morgan fingerprint density at radius 3 is 3.00 bits per heavy atom. The van der Waals surface area contributed by atoms with E-state index in [2.05, 4.69) is 17.9 Å². The second-order valence-electron chi connectivity index (χ2n) is 5.44. The van der Waals surface area contributed by atoms with Crippen molar-refractivity contribution in [2.75, 3.05) is 13.7 Å². The zero-order valence-corrected chi connectivity index (χ0v) is 12.2. The summed E-state index contributed by atoms with van der Waals surface area (Å²) in [5.74, 6) is 0.140. The summed E-state index contributed by atoms with van der Waals surface area (Å²) in [5.41, 5.74) is 1.18. The molecule has 0 saturated carbocycles. The molecule has 1 aliphatic rings. The number of hydrogen-bond donors (Lipinski definition) is 1. The molecule has 1 heterocycles. The van der Waals surface area contributed by atoms with Gasteiger partial charge >= 0.3 is 5.97 Å². The molecule has 0 spiro atoms. The van der Waals surface area contributed by atoms with Crippen molar-refractivity contribution in [1.82, 2.24) is 4.90 Å². The van der Waals surface area contributed by atoms with Crippen LogP contribution in [0.3, 0.4) is 0 Å². The number of hydrogen-bond acceptors (Lipinski definition) is 3. The number of ether oxygens (including phenoxy) is 1. The fraction of sp³-hybridized carbons (Fsp3) is 0.562. The summed E-state index contributed by atoms with van der Waals surface area (Å²) in [6, 6.07) is 8.40. The van der Waals surface area contributed by atoms with Crippen molar-refractivity contribution in [3.05, 3.63) is 29.8 Å².